The number of nitrogen functional groups attached to an aromatic ring is 1. The Morgan fingerprint density at radius 2 is 1.89 bits per heavy atom. The van der Waals surface area contributed by atoms with Crippen LogP contribution in [0.2, 0.25) is 0 Å². The minimum absolute atomic E-state index is 0.194. The molecule has 0 atom stereocenters. The summed E-state index contributed by atoms with van der Waals surface area (Å²) < 4.78 is 30.8. The lowest BCUT2D eigenvalue weighted by Crippen LogP contribution is -2.26. The fourth-order valence-corrected chi connectivity index (χ4v) is 2.66. The molecule has 0 saturated carbocycles. The zero-order chi connectivity index (χ0) is 13.2. The van der Waals surface area contributed by atoms with Gasteiger partial charge in [0.05, 0.1) is 17.7 Å². The minimum Gasteiger partial charge on any atom is -0.468 e. The molecule has 18 heavy (non-hydrogen) atoms. The Bertz CT molecular complexity index is 603. The first-order valence-electron chi connectivity index (χ1n) is 5.34. The van der Waals surface area contributed by atoms with Gasteiger partial charge in [0.25, 0.3) is 0 Å². The van der Waals surface area contributed by atoms with Gasteiger partial charge in [-0.1, -0.05) is 0 Å². The van der Waals surface area contributed by atoms with Crippen LogP contribution in [-0.4, -0.2) is 19.8 Å². The van der Waals surface area contributed by atoms with Gasteiger partial charge in [0.2, 0.25) is 10.0 Å². The lowest BCUT2D eigenvalue weighted by atomic mass is 10.3. The molecule has 0 aliphatic rings. The molecule has 0 saturated heterocycles. The molecule has 2 rings (SSSR count). The highest BCUT2D eigenvalue weighted by Gasteiger charge is 2.21. The second-order valence-electron chi connectivity index (χ2n) is 3.91. The number of rotatable bonds is 4. The van der Waals surface area contributed by atoms with Gasteiger partial charge in [-0.2, -0.15) is 4.31 Å². The van der Waals surface area contributed by atoms with E-state index in [2.05, 4.69) is 0 Å². The Morgan fingerprint density at radius 3 is 2.44 bits per heavy atom. The fourth-order valence-electron chi connectivity index (χ4n) is 1.53. The summed E-state index contributed by atoms with van der Waals surface area (Å²) in [5.41, 5.74) is 6.06. The second kappa shape index (κ2) is 4.83. The molecule has 2 aromatic rings. The number of hydrogen-bond donors (Lipinski definition) is 1. The zero-order valence-corrected chi connectivity index (χ0v) is 10.7. The van der Waals surface area contributed by atoms with Gasteiger partial charge in [-0.3, -0.25) is 0 Å². The molecule has 0 bridgehead atoms. The van der Waals surface area contributed by atoms with Crippen LogP contribution >= 0.6 is 0 Å². The maximum Gasteiger partial charge on any atom is 0.243 e. The Kier molecular flexibility index (Phi) is 3.40. The Balaban J connectivity index is 2.22. The van der Waals surface area contributed by atoms with Gasteiger partial charge >= 0.3 is 0 Å². The number of anilines is 1. The number of nitrogens with zero attached hydrogens (tertiary/aromatic N) is 1. The molecule has 0 aliphatic heterocycles. The van der Waals surface area contributed by atoms with E-state index in [9.17, 15) is 8.42 Å². The summed E-state index contributed by atoms with van der Waals surface area (Å²) in [6.45, 7) is 0.194. The first kappa shape index (κ1) is 12.7. The van der Waals surface area contributed by atoms with Crippen molar-refractivity contribution in [1.29, 1.82) is 0 Å². The van der Waals surface area contributed by atoms with E-state index in [0.29, 0.717) is 11.4 Å². The molecule has 5 nitrogen and oxygen atoms in total. The van der Waals surface area contributed by atoms with E-state index in [4.69, 9.17) is 10.2 Å². The van der Waals surface area contributed by atoms with Gasteiger partial charge in [0.15, 0.2) is 0 Å². The first-order chi connectivity index (χ1) is 8.50. The lowest BCUT2D eigenvalue weighted by Gasteiger charge is -2.15. The van der Waals surface area contributed by atoms with Crippen molar-refractivity contribution in [3.63, 3.8) is 0 Å². The van der Waals surface area contributed by atoms with Crippen LogP contribution < -0.4 is 5.73 Å². The number of benzene rings is 1. The van der Waals surface area contributed by atoms with E-state index in [-0.39, 0.29) is 11.4 Å². The number of sulfonamides is 1. The number of furan rings is 1. The van der Waals surface area contributed by atoms with Crippen LogP contribution in [0.15, 0.2) is 52.0 Å². The quantitative estimate of drug-likeness (QED) is 0.854. The summed E-state index contributed by atoms with van der Waals surface area (Å²) >= 11 is 0. The molecule has 0 spiro atoms. The molecule has 1 aromatic heterocycles. The third-order valence-corrected chi connectivity index (χ3v) is 4.36. The van der Waals surface area contributed by atoms with E-state index in [0.717, 1.165) is 0 Å². The predicted molar refractivity (Wildman–Crippen MR) is 68.2 cm³/mol. The predicted octanol–water partition coefficient (Wildman–Crippen LogP) is 1.68. The summed E-state index contributed by atoms with van der Waals surface area (Å²) in [6, 6.07) is 9.56. The van der Waals surface area contributed by atoms with Crippen LogP contribution in [0.1, 0.15) is 5.76 Å². The summed E-state index contributed by atoms with van der Waals surface area (Å²) in [6.07, 6.45) is 1.51. The van der Waals surface area contributed by atoms with Crippen LogP contribution in [0.4, 0.5) is 5.69 Å². The first-order valence-corrected chi connectivity index (χ1v) is 6.78. The molecule has 2 N–H and O–H groups in total. The average molecular weight is 266 g/mol. The number of nitrogens with two attached hydrogens (primary N) is 1. The van der Waals surface area contributed by atoms with Crippen molar-refractivity contribution in [1.82, 2.24) is 4.31 Å². The molecule has 1 aromatic carbocycles. The molecule has 0 amide bonds. The largest absolute Gasteiger partial charge is 0.468 e. The van der Waals surface area contributed by atoms with E-state index in [1.165, 1.54) is 29.7 Å². The number of hydrogen-bond acceptors (Lipinski definition) is 4. The molecule has 0 unspecified atom stereocenters. The Hall–Kier alpha value is -1.79. The van der Waals surface area contributed by atoms with Gasteiger partial charge in [-0.15, -0.1) is 0 Å². The van der Waals surface area contributed by atoms with E-state index >= 15 is 0 Å². The SMILES string of the molecule is CN(Cc1ccco1)S(=O)(=O)c1ccc(N)cc1. The summed E-state index contributed by atoms with van der Waals surface area (Å²) in [7, 11) is -2.01. The van der Waals surface area contributed by atoms with Crippen LogP contribution in [0, 0.1) is 0 Å². The van der Waals surface area contributed by atoms with Gasteiger partial charge in [0, 0.05) is 12.7 Å². The highest BCUT2D eigenvalue weighted by Crippen LogP contribution is 2.18. The van der Waals surface area contributed by atoms with Crippen molar-refractivity contribution in [2.24, 2.45) is 0 Å². The van der Waals surface area contributed by atoms with Gasteiger partial charge in [-0.05, 0) is 36.4 Å². The average Bonchev–Trinajstić information content (AvgIpc) is 2.82. The maximum atomic E-state index is 12.2. The molecule has 0 aliphatic carbocycles. The van der Waals surface area contributed by atoms with Gasteiger partial charge in [0.1, 0.15) is 5.76 Å². The Labute approximate surface area is 106 Å². The highest BCUT2D eigenvalue weighted by molar-refractivity contribution is 7.89. The van der Waals surface area contributed by atoms with E-state index in [1.54, 1.807) is 24.3 Å². The topological polar surface area (TPSA) is 76.5 Å². The fraction of sp³-hybridized carbons (Fsp3) is 0.167. The van der Waals surface area contributed by atoms with Crippen molar-refractivity contribution in [2.45, 2.75) is 11.4 Å². The van der Waals surface area contributed by atoms with Crippen molar-refractivity contribution >= 4 is 15.7 Å². The monoisotopic (exact) mass is 266 g/mol. The minimum atomic E-state index is -3.51. The van der Waals surface area contributed by atoms with Crippen molar-refractivity contribution in [3.8, 4) is 0 Å². The molecular weight excluding hydrogens is 252 g/mol. The Morgan fingerprint density at radius 1 is 1.22 bits per heavy atom. The highest BCUT2D eigenvalue weighted by atomic mass is 32.2. The van der Waals surface area contributed by atoms with Crippen LogP contribution in [0.25, 0.3) is 0 Å². The summed E-state index contributed by atoms with van der Waals surface area (Å²) in [4.78, 5) is 0.214. The smallest absolute Gasteiger partial charge is 0.243 e. The molecule has 6 heteroatoms. The third kappa shape index (κ3) is 2.55. The van der Waals surface area contributed by atoms with E-state index < -0.39 is 10.0 Å². The standard InChI is InChI=1S/C12H14N2O3S/c1-14(9-11-3-2-8-17-11)18(15,16)12-6-4-10(13)5-7-12/h2-8H,9,13H2,1H3. The van der Waals surface area contributed by atoms with E-state index in [1.807, 2.05) is 0 Å². The molecule has 0 radical (unpaired) electrons. The summed E-state index contributed by atoms with van der Waals surface area (Å²) in [5, 5.41) is 0. The lowest BCUT2D eigenvalue weighted by molar-refractivity contribution is 0.406. The van der Waals surface area contributed by atoms with Crippen LogP contribution in [0.3, 0.4) is 0 Å². The molecule has 96 valence electrons. The van der Waals surface area contributed by atoms with Crippen LogP contribution in [0.5, 0.6) is 0 Å². The van der Waals surface area contributed by atoms with Gasteiger partial charge in [-0.25, -0.2) is 8.42 Å². The molecular formula is C12H14N2O3S. The zero-order valence-electron chi connectivity index (χ0n) is 9.91. The maximum absolute atomic E-state index is 12.2. The molecule has 1 heterocycles. The van der Waals surface area contributed by atoms with Crippen molar-refractivity contribution in [2.75, 3.05) is 12.8 Å². The summed E-state index contributed by atoms with van der Waals surface area (Å²) in [5.74, 6) is 0.594. The normalized spacial score (nSPS) is 11.9. The van der Waals surface area contributed by atoms with Gasteiger partial charge < -0.3 is 10.2 Å². The molecule has 0 fully saturated rings. The van der Waals surface area contributed by atoms with Crippen molar-refractivity contribution in [3.05, 3.63) is 48.4 Å². The van der Waals surface area contributed by atoms with Crippen molar-refractivity contribution < 1.29 is 12.8 Å². The van der Waals surface area contributed by atoms with Crippen LogP contribution in [-0.2, 0) is 16.6 Å². The third-order valence-electron chi connectivity index (χ3n) is 2.55. The second-order valence-corrected chi connectivity index (χ2v) is 5.95.